The Bertz CT molecular complexity index is 916. The molecule has 0 spiro atoms. The van der Waals surface area contributed by atoms with Gasteiger partial charge in [0.1, 0.15) is 12.4 Å². The number of benzene rings is 3. The van der Waals surface area contributed by atoms with E-state index in [0.717, 1.165) is 30.6 Å². The van der Waals surface area contributed by atoms with Crippen LogP contribution in [0.25, 0.3) is 11.1 Å². The molecule has 4 rings (SSSR count). The zero-order valence-electron chi connectivity index (χ0n) is 15.6. The smallest absolute Gasteiger partial charge is 0.255 e. The Morgan fingerprint density at radius 2 is 1.64 bits per heavy atom. The van der Waals surface area contributed by atoms with Crippen LogP contribution in [0.15, 0.2) is 78.9 Å². The number of nitrogens with one attached hydrogen (secondary N) is 1. The summed E-state index contributed by atoms with van der Waals surface area (Å²) < 4.78 is 11.5. The monoisotopic (exact) mass is 373 g/mol. The molecule has 1 atom stereocenters. The fraction of sp³-hybridized carbons (Fsp3) is 0.208. The van der Waals surface area contributed by atoms with Gasteiger partial charge in [0.05, 0.1) is 11.8 Å². The molecular formula is C24H23NO3. The SMILES string of the molecule is O=C(Nc1ccccc1OCC1CCCO1)c1ccc(-c2ccccc2)cc1. The number of anilines is 1. The first-order valence-electron chi connectivity index (χ1n) is 9.60. The van der Waals surface area contributed by atoms with Gasteiger partial charge >= 0.3 is 0 Å². The fourth-order valence-corrected chi connectivity index (χ4v) is 3.29. The van der Waals surface area contributed by atoms with E-state index in [1.165, 1.54) is 0 Å². The lowest BCUT2D eigenvalue weighted by atomic mass is 10.0. The molecule has 1 fully saturated rings. The van der Waals surface area contributed by atoms with Crippen molar-refractivity contribution in [3.05, 3.63) is 84.4 Å². The third kappa shape index (κ3) is 4.41. The summed E-state index contributed by atoms with van der Waals surface area (Å²) in [5.74, 6) is 0.500. The second-order valence-electron chi connectivity index (χ2n) is 6.84. The molecule has 28 heavy (non-hydrogen) atoms. The van der Waals surface area contributed by atoms with E-state index in [1.807, 2.05) is 66.7 Å². The third-order valence-corrected chi connectivity index (χ3v) is 4.84. The molecule has 0 aromatic heterocycles. The van der Waals surface area contributed by atoms with Crippen molar-refractivity contribution in [2.45, 2.75) is 18.9 Å². The van der Waals surface area contributed by atoms with Crippen LogP contribution in [0, 0.1) is 0 Å². The fourth-order valence-electron chi connectivity index (χ4n) is 3.29. The molecule has 4 nitrogen and oxygen atoms in total. The minimum absolute atomic E-state index is 0.134. The summed E-state index contributed by atoms with van der Waals surface area (Å²) in [6.07, 6.45) is 2.22. The van der Waals surface area contributed by atoms with Crippen molar-refractivity contribution in [1.82, 2.24) is 0 Å². The Labute approximate surface area is 165 Å². The van der Waals surface area contributed by atoms with Crippen LogP contribution in [0.1, 0.15) is 23.2 Å². The molecule has 3 aromatic rings. The van der Waals surface area contributed by atoms with E-state index in [9.17, 15) is 4.79 Å². The van der Waals surface area contributed by atoms with Crippen molar-refractivity contribution in [1.29, 1.82) is 0 Å². The summed E-state index contributed by atoms with van der Waals surface area (Å²) in [5, 5.41) is 2.96. The van der Waals surface area contributed by atoms with Crippen molar-refractivity contribution in [2.75, 3.05) is 18.5 Å². The molecule has 1 unspecified atom stereocenters. The first-order chi connectivity index (χ1) is 13.8. The van der Waals surface area contributed by atoms with Gasteiger partial charge in [-0.05, 0) is 48.2 Å². The van der Waals surface area contributed by atoms with Gasteiger partial charge in [-0.25, -0.2) is 0 Å². The standard InChI is InChI=1S/C24H23NO3/c26-24(20-14-12-19(13-15-20)18-7-2-1-3-8-18)25-22-10-4-5-11-23(22)28-17-21-9-6-16-27-21/h1-5,7-8,10-15,21H,6,9,16-17H2,(H,25,26). The van der Waals surface area contributed by atoms with E-state index in [2.05, 4.69) is 17.4 Å². The van der Waals surface area contributed by atoms with Crippen LogP contribution in [0.4, 0.5) is 5.69 Å². The highest BCUT2D eigenvalue weighted by atomic mass is 16.5. The average Bonchev–Trinajstić information content (AvgIpc) is 3.27. The normalized spacial score (nSPS) is 15.9. The summed E-state index contributed by atoms with van der Waals surface area (Å²) in [6, 6.07) is 25.2. The van der Waals surface area contributed by atoms with Crippen LogP contribution in [0.3, 0.4) is 0 Å². The van der Waals surface area contributed by atoms with Crippen LogP contribution in [0.2, 0.25) is 0 Å². The Kier molecular flexibility index (Phi) is 5.69. The molecule has 0 radical (unpaired) electrons. The van der Waals surface area contributed by atoms with Crippen molar-refractivity contribution in [3.8, 4) is 16.9 Å². The summed E-state index contributed by atoms with van der Waals surface area (Å²) in [7, 11) is 0. The maximum absolute atomic E-state index is 12.7. The highest BCUT2D eigenvalue weighted by molar-refractivity contribution is 6.05. The number of rotatable bonds is 6. The van der Waals surface area contributed by atoms with Gasteiger partial charge in [0.25, 0.3) is 5.91 Å². The van der Waals surface area contributed by atoms with Gasteiger partial charge in [-0.2, -0.15) is 0 Å². The van der Waals surface area contributed by atoms with Crippen molar-refractivity contribution >= 4 is 11.6 Å². The van der Waals surface area contributed by atoms with Gasteiger partial charge in [-0.15, -0.1) is 0 Å². The van der Waals surface area contributed by atoms with Crippen LogP contribution >= 0.6 is 0 Å². The lowest BCUT2D eigenvalue weighted by Crippen LogP contribution is -2.18. The molecular weight excluding hydrogens is 350 g/mol. The number of carbonyl (C=O) groups is 1. The molecule has 4 heteroatoms. The zero-order valence-corrected chi connectivity index (χ0v) is 15.6. The molecule has 1 amide bonds. The van der Waals surface area contributed by atoms with Gasteiger partial charge in [0, 0.05) is 12.2 Å². The van der Waals surface area contributed by atoms with E-state index in [-0.39, 0.29) is 12.0 Å². The molecule has 1 saturated heterocycles. The van der Waals surface area contributed by atoms with E-state index in [0.29, 0.717) is 23.6 Å². The van der Waals surface area contributed by atoms with Crippen LogP contribution in [-0.4, -0.2) is 25.2 Å². The molecule has 1 N–H and O–H groups in total. The average molecular weight is 373 g/mol. The lowest BCUT2D eigenvalue weighted by molar-refractivity contribution is 0.0682. The number of ether oxygens (including phenoxy) is 2. The number of para-hydroxylation sites is 2. The largest absolute Gasteiger partial charge is 0.489 e. The summed E-state index contributed by atoms with van der Waals surface area (Å²) in [6.45, 7) is 1.30. The predicted octanol–water partition coefficient (Wildman–Crippen LogP) is 5.16. The molecule has 3 aromatic carbocycles. The minimum atomic E-state index is -0.159. The molecule has 1 aliphatic heterocycles. The summed E-state index contributed by atoms with van der Waals surface area (Å²) in [4.78, 5) is 12.7. The first kappa shape index (κ1) is 18.3. The minimum Gasteiger partial charge on any atom is -0.489 e. The van der Waals surface area contributed by atoms with Gasteiger partial charge in [-0.3, -0.25) is 4.79 Å². The van der Waals surface area contributed by atoms with E-state index < -0.39 is 0 Å². The van der Waals surface area contributed by atoms with Gasteiger partial charge in [-0.1, -0.05) is 54.6 Å². The highest BCUT2D eigenvalue weighted by Gasteiger charge is 2.17. The molecule has 0 bridgehead atoms. The highest BCUT2D eigenvalue weighted by Crippen LogP contribution is 2.26. The maximum Gasteiger partial charge on any atom is 0.255 e. The van der Waals surface area contributed by atoms with E-state index in [1.54, 1.807) is 0 Å². The van der Waals surface area contributed by atoms with Crippen LogP contribution in [0.5, 0.6) is 5.75 Å². The number of carbonyl (C=O) groups excluding carboxylic acids is 1. The van der Waals surface area contributed by atoms with Crippen molar-refractivity contribution in [3.63, 3.8) is 0 Å². The summed E-state index contributed by atoms with van der Waals surface area (Å²) >= 11 is 0. The van der Waals surface area contributed by atoms with Gasteiger partial charge in [0.2, 0.25) is 0 Å². The van der Waals surface area contributed by atoms with Gasteiger partial charge < -0.3 is 14.8 Å². The second-order valence-corrected chi connectivity index (χ2v) is 6.84. The lowest BCUT2D eigenvalue weighted by Gasteiger charge is -2.15. The Hall–Kier alpha value is -3.11. The molecule has 0 saturated carbocycles. The zero-order chi connectivity index (χ0) is 19.2. The van der Waals surface area contributed by atoms with Crippen molar-refractivity contribution in [2.24, 2.45) is 0 Å². The maximum atomic E-state index is 12.7. The van der Waals surface area contributed by atoms with Crippen molar-refractivity contribution < 1.29 is 14.3 Å². The van der Waals surface area contributed by atoms with Gasteiger partial charge in [0.15, 0.2) is 0 Å². The molecule has 0 aliphatic carbocycles. The van der Waals surface area contributed by atoms with Crippen LogP contribution in [-0.2, 0) is 4.74 Å². The van der Waals surface area contributed by atoms with Crippen LogP contribution < -0.4 is 10.1 Å². The molecule has 1 aliphatic rings. The summed E-state index contributed by atoms with van der Waals surface area (Å²) in [5.41, 5.74) is 3.48. The Morgan fingerprint density at radius 1 is 0.929 bits per heavy atom. The number of hydrogen-bond donors (Lipinski definition) is 1. The van der Waals surface area contributed by atoms with E-state index in [4.69, 9.17) is 9.47 Å². The quantitative estimate of drug-likeness (QED) is 0.649. The number of hydrogen-bond acceptors (Lipinski definition) is 3. The molecule has 142 valence electrons. The van der Waals surface area contributed by atoms with E-state index >= 15 is 0 Å². The first-order valence-corrected chi connectivity index (χ1v) is 9.60. The second kappa shape index (κ2) is 8.72. The molecule has 1 heterocycles. The number of amides is 1. The topological polar surface area (TPSA) is 47.6 Å². The Morgan fingerprint density at radius 3 is 2.39 bits per heavy atom. The predicted molar refractivity (Wildman–Crippen MR) is 111 cm³/mol. The Balaban J connectivity index is 1.43. The third-order valence-electron chi connectivity index (χ3n) is 4.84.